The first-order chi connectivity index (χ1) is 9.54. The van der Waals surface area contributed by atoms with Crippen molar-refractivity contribution in [2.45, 2.75) is 11.8 Å². The lowest BCUT2D eigenvalue weighted by Gasteiger charge is -2.37. The van der Waals surface area contributed by atoms with Crippen molar-refractivity contribution >= 4 is 10.0 Å². The second-order valence-corrected chi connectivity index (χ2v) is 6.71. The predicted molar refractivity (Wildman–Crippen MR) is 69.7 cm³/mol. The Morgan fingerprint density at radius 1 is 1.25 bits per heavy atom. The minimum atomic E-state index is -3.36. The molecule has 0 N–H and O–H groups in total. The first-order valence-electron chi connectivity index (χ1n) is 6.13. The van der Waals surface area contributed by atoms with Crippen LogP contribution < -0.4 is 0 Å². The quantitative estimate of drug-likeness (QED) is 0.837. The summed E-state index contributed by atoms with van der Waals surface area (Å²) in [7, 11) is -3.36. The number of nitrogens with zero attached hydrogens (tertiary/aromatic N) is 4. The molecule has 8 heteroatoms. The van der Waals surface area contributed by atoms with Gasteiger partial charge in [-0.05, 0) is 17.7 Å². The Hall–Kier alpha value is -1.80. The standard InChI is InChI=1S/C12H13FN4O2S/c13-11-3-1-10(2-4-11)9-20(18,19)16-7-12(8-16)17-6-5-14-15-17/h1-6,12H,7-9H2. The van der Waals surface area contributed by atoms with E-state index in [0.717, 1.165) is 0 Å². The van der Waals surface area contributed by atoms with E-state index in [2.05, 4.69) is 10.3 Å². The summed E-state index contributed by atoms with van der Waals surface area (Å²) in [6.07, 6.45) is 3.28. The molecule has 2 heterocycles. The van der Waals surface area contributed by atoms with Crippen molar-refractivity contribution in [3.63, 3.8) is 0 Å². The summed E-state index contributed by atoms with van der Waals surface area (Å²) >= 11 is 0. The van der Waals surface area contributed by atoms with Gasteiger partial charge >= 0.3 is 0 Å². The van der Waals surface area contributed by atoms with Crippen molar-refractivity contribution < 1.29 is 12.8 Å². The zero-order valence-electron chi connectivity index (χ0n) is 10.6. The minimum absolute atomic E-state index is 0.0421. The van der Waals surface area contributed by atoms with Gasteiger partial charge in [-0.1, -0.05) is 17.3 Å². The van der Waals surface area contributed by atoms with Gasteiger partial charge in [-0.2, -0.15) is 4.31 Å². The normalized spacial score (nSPS) is 17.1. The number of halogens is 1. The number of sulfonamides is 1. The fourth-order valence-corrected chi connectivity index (χ4v) is 3.70. The molecule has 1 aromatic carbocycles. The topological polar surface area (TPSA) is 68.1 Å². The summed E-state index contributed by atoms with van der Waals surface area (Å²) in [5, 5.41) is 7.55. The lowest BCUT2D eigenvalue weighted by atomic mass is 10.2. The Morgan fingerprint density at radius 2 is 1.95 bits per heavy atom. The summed E-state index contributed by atoms with van der Waals surface area (Å²) in [4.78, 5) is 0. The zero-order valence-corrected chi connectivity index (χ0v) is 11.4. The molecule has 1 aromatic heterocycles. The smallest absolute Gasteiger partial charge is 0.218 e. The Labute approximate surface area is 115 Å². The van der Waals surface area contributed by atoms with Crippen molar-refractivity contribution in [2.24, 2.45) is 0 Å². The molecule has 0 bridgehead atoms. The van der Waals surface area contributed by atoms with Gasteiger partial charge in [0.1, 0.15) is 5.82 Å². The van der Waals surface area contributed by atoms with Crippen LogP contribution in [0.4, 0.5) is 4.39 Å². The lowest BCUT2D eigenvalue weighted by Crippen LogP contribution is -2.51. The van der Waals surface area contributed by atoms with Gasteiger partial charge in [0.15, 0.2) is 0 Å². The predicted octanol–water partition coefficient (Wildman–Crippen LogP) is 0.804. The van der Waals surface area contributed by atoms with Crippen molar-refractivity contribution in [3.05, 3.63) is 48.0 Å². The van der Waals surface area contributed by atoms with Crippen LogP contribution in [0.25, 0.3) is 0 Å². The molecule has 20 heavy (non-hydrogen) atoms. The van der Waals surface area contributed by atoms with Crippen LogP contribution >= 0.6 is 0 Å². The molecule has 0 aliphatic carbocycles. The minimum Gasteiger partial charge on any atom is -0.247 e. The third-order valence-electron chi connectivity index (χ3n) is 3.30. The van der Waals surface area contributed by atoms with Crippen LogP contribution in [0.2, 0.25) is 0 Å². The van der Waals surface area contributed by atoms with Gasteiger partial charge in [0.25, 0.3) is 0 Å². The van der Waals surface area contributed by atoms with E-state index in [1.807, 2.05) is 0 Å². The highest BCUT2D eigenvalue weighted by molar-refractivity contribution is 7.88. The van der Waals surface area contributed by atoms with Gasteiger partial charge in [0.2, 0.25) is 10.0 Å². The van der Waals surface area contributed by atoms with E-state index in [1.54, 1.807) is 17.1 Å². The molecular formula is C12H13FN4O2S. The Balaban J connectivity index is 1.64. The number of hydrogen-bond donors (Lipinski definition) is 0. The van der Waals surface area contributed by atoms with Crippen molar-refractivity contribution in [1.29, 1.82) is 0 Å². The monoisotopic (exact) mass is 296 g/mol. The van der Waals surface area contributed by atoms with E-state index in [9.17, 15) is 12.8 Å². The second-order valence-electron chi connectivity index (χ2n) is 4.74. The molecule has 0 spiro atoms. The zero-order chi connectivity index (χ0) is 14.2. The summed E-state index contributed by atoms with van der Waals surface area (Å²) in [5.41, 5.74) is 0.579. The maximum atomic E-state index is 12.8. The maximum absolute atomic E-state index is 12.8. The van der Waals surface area contributed by atoms with Gasteiger partial charge in [-0.15, -0.1) is 5.10 Å². The van der Waals surface area contributed by atoms with Gasteiger partial charge in [0, 0.05) is 19.3 Å². The molecule has 6 nitrogen and oxygen atoms in total. The molecule has 0 saturated carbocycles. The molecule has 1 aliphatic heterocycles. The van der Waals surface area contributed by atoms with Crippen LogP contribution in [0.1, 0.15) is 11.6 Å². The lowest BCUT2D eigenvalue weighted by molar-refractivity contribution is 0.188. The van der Waals surface area contributed by atoms with E-state index < -0.39 is 10.0 Å². The SMILES string of the molecule is O=S(=O)(Cc1ccc(F)cc1)N1CC(n2ccnn2)C1. The van der Waals surface area contributed by atoms with Crippen molar-refractivity contribution in [3.8, 4) is 0 Å². The van der Waals surface area contributed by atoms with E-state index in [0.29, 0.717) is 18.7 Å². The Bertz CT molecular complexity index is 679. The fraction of sp³-hybridized carbons (Fsp3) is 0.333. The number of rotatable bonds is 4. The van der Waals surface area contributed by atoms with E-state index >= 15 is 0 Å². The average Bonchev–Trinajstić information content (AvgIpc) is 2.83. The molecule has 3 rings (SSSR count). The molecule has 2 aromatic rings. The van der Waals surface area contributed by atoms with Gasteiger partial charge in [-0.3, -0.25) is 0 Å². The van der Waals surface area contributed by atoms with Crippen LogP contribution in [-0.2, 0) is 15.8 Å². The highest BCUT2D eigenvalue weighted by Crippen LogP contribution is 2.25. The molecule has 1 aliphatic rings. The van der Waals surface area contributed by atoms with Crippen molar-refractivity contribution in [1.82, 2.24) is 19.3 Å². The number of benzene rings is 1. The Kier molecular flexibility index (Phi) is 3.27. The molecule has 0 amide bonds. The van der Waals surface area contributed by atoms with Crippen LogP contribution in [0.15, 0.2) is 36.7 Å². The molecule has 0 radical (unpaired) electrons. The van der Waals surface area contributed by atoms with Crippen LogP contribution in [0, 0.1) is 5.82 Å². The van der Waals surface area contributed by atoms with E-state index in [1.165, 1.54) is 28.6 Å². The molecule has 0 unspecified atom stereocenters. The fourth-order valence-electron chi connectivity index (χ4n) is 2.11. The average molecular weight is 296 g/mol. The Morgan fingerprint density at radius 3 is 2.55 bits per heavy atom. The van der Waals surface area contributed by atoms with Gasteiger partial charge in [-0.25, -0.2) is 17.5 Å². The third kappa shape index (κ3) is 2.56. The first kappa shape index (κ1) is 13.2. The third-order valence-corrected chi connectivity index (χ3v) is 5.08. The second kappa shape index (κ2) is 4.95. The van der Waals surface area contributed by atoms with Gasteiger partial charge < -0.3 is 0 Å². The molecular weight excluding hydrogens is 283 g/mol. The summed E-state index contributed by atoms with van der Waals surface area (Å²) in [6.45, 7) is 0.791. The molecule has 1 saturated heterocycles. The molecule has 106 valence electrons. The van der Waals surface area contributed by atoms with Crippen molar-refractivity contribution in [2.75, 3.05) is 13.1 Å². The molecule has 1 fully saturated rings. The largest absolute Gasteiger partial charge is 0.247 e. The summed E-state index contributed by atoms with van der Waals surface area (Å²) in [6, 6.07) is 5.54. The van der Waals surface area contributed by atoms with Crippen LogP contribution in [0.5, 0.6) is 0 Å². The van der Waals surface area contributed by atoms with Crippen LogP contribution in [0.3, 0.4) is 0 Å². The number of hydrogen-bond acceptors (Lipinski definition) is 4. The number of aromatic nitrogens is 3. The first-order valence-corrected chi connectivity index (χ1v) is 7.73. The maximum Gasteiger partial charge on any atom is 0.218 e. The van der Waals surface area contributed by atoms with E-state index in [-0.39, 0.29) is 17.6 Å². The van der Waals surface area contributed by atoms with Gasteiger partial charge in [0.05, 0.1) is 18.0 Å². The highest BCUT2D eigenvalue weighted by atomic mass is 32.2. The summed E-state index contributed by atoms with van der Waals surface area (Å²) < 4.78 is 40.2. The highest BCUT2D eigenvalue weighted by Gasteiger charge is 2.37. The van der Waals surface area contributed by atoms with E-state index in [4.69, 9.17) is 0 Å². The molecule has 0 atom stereocenters. The summed E-state index contributed by atoms with van der Waals surface area (Å²) in [5.74, 6) is -0.487. The van der Waals surface area contributed by atoms with Crippen LogP contribution in [-0.4, -0.2) is 40.8 Å².